The fourth-order valence-corrected chi connectivity index (χ4v) is 3.49. The number of thiophene rings is 1. The van der Waals surface area contributed by atoms with Crippen LogP contribution in [0.25, 0.3) is 0 Å². The van der Waals surface area contributed by atoms with Gasteiger partial charge in [0.15, 0.2) is 0 Å². The summed E-state index contributed by atoms with van der Waals surface area (Å²) in [5.41, 5.74) is 1.94. The monoisotopic (exact) mass is 395 g/mol. The number of hydrogen-bond acceptors (Lipinski definition) is 3. The summed E-state index contributed by atoms with van der Waals surface area (Å²) < 4.78 is 0.937. The van der Waals surface area contributed by atoms with Crippen LogP contribution >= 0.6 is 27.3 Å². The molecule has 2 aromatic rings. The second-order valence-electron chi connectivity index (χ2n) is 5.31. The number of nitrogens with zero attached hydrogens (tertiary/aromatic N) is 1. The Morgan fingerprint density at radius 3 is 2.74 bits per heavy atom. The van der Waals surface area contributed by atoms with Gasteiger partial charge < -0.3 is 10.0 Å². The maximum atomic E-state index is 12.8. The second-order valence-corrected chi connectivity index (χ2v) is 7.01. The maximum Gasteiger partial charge on any atom is 0.305 e. The van der Waals surface area contributed by atoms with Gasteiger partial charge in [0, 0.05) is 17.6 Å². The van der Waals surface area contributed by atoms with Crippen LogP contribution in [0.3, 0.4) is 0 Å². The van der Waals surface area contributed by atoms with Crippen LogP contribution in [0.1, 0.15) is 30.4 Å². The second kappa shape index (κ2) is 8.26. The van der Waals surface area contributed by atoms with Gasteiger partial charge >= 0.3 is 5.97 Å². The number of benzene rings is 1. The Kier molecular flexibility index (Phi) is 6.36. The number of hydrogen-bond donors (Lipinski definition) is 1. The molecule has 0 aliphatic heterocycles. The van der Waals surface area contributed by atoms with Crippen LogP contribution in [0.2, 0.25) is 0 Å². The van der Waals surface area contributed by atoms with E-state index < -0.39 is 5.97 Å². The Morgan fingerprint density at radius 2 is 2.13 bits per heavy atom. The number of rotatable bonds is 7. The lowest BCUT2D eigenvalue weighted by Crippen LogP contribution is -2.35. The molecule has 1 atom stereocenters. The van der Waals surface area contributed by atoms with Gasteiger partial charge in [-0.2, -0.15) is 11.3 Å². The molecule has 6 heteroatoms. The van der Waals surface area contributed by atoms with Crippen LogP contribution in [-0.4, -0.2) is 28.4 Å². The van der Waals surface area contributed by atoms with E-state index in [1.807, 2.05) is 48.0 Å². The molecule has 0 aliphatic carbocycles. The third-order valence-corrected chi connectivity index (χ3v) is 4.78. The first-order valence-corrected chi connectivity index (χ1v) is 8.98. The first kappa shape index (κ1) is 17.7. The van der Waals surface area contributed by atoms with Crippen molar-refractivity contribution in [2.75, 3.05) is 6.54 Å². The zero-order valence-electron chi connectivity index (χ0n) is 12.7. The summed E-state index contributed by atoms with van der Waals surface area (Å²) >= 11 is 4.97. The molecule has 1 N–H and O–H groups in total. The van der Waals surface area contributed by atoms with E-state index in [0.29, 0.717) is 6.54 Å². The SMILES string of the molecule is CC(C(=O)N(CCC(=O)O)Cc1cccc(Br)c1)c1ccsc1. The van der Waals surface area contributed by atoms with E-state index in [9.17, 15) is 9.59 Å². The van der Waals surface area contributed by atoms with Crippen molar-refractivity contribution >= 4 is 39.1 Å². The first-order valence-electron chi connectivity index (χ1n) is 7.24. The van der Waals surface area contributed by atoms with Gasteiger partial charge in [-0.3, -0.25) is 9.59 Å². The molecule has 0 radical (unpaired) electrons. The molecule has 1 aromatic carbocycles. The number of aliphatic carboxylic acids is 1. The van der Waals surface area contributed by atoms with Gasteiger partial charge in [-0.1, -0.05) is 28.1 Å². The Balaban J connectivity index is 2.15. The molecule has 0 fully saturated rings. The molecular formula is C17H18BrNO3S. The molecule has 0 bridgehead atoms. The summed E-state index contributed by atoms with van der Waals surface area (Å²) in [6, 6.07) is 9.63. The molecule has 1 amide bonds. The molecule has 23 heavy (non-hydrogen) atoms. The van der Waals surface area contributed by atoms with Crippen molar-refractivity contribution in [2.45, 2.75) is 25.8 Å². The van der Waals surface area contributed by atoms with Crippen molar-refractivity contribution in [3.05, 3.63) is 56.7 Å². The number of carbonyl (C=O) groups excluding carboxylic acids is 1. The van der Waals surface area contributed by atoms with Crippen LogP contribution < -0.4 is 0 Å². The Bertz CT molecular complexity index is 672. The van der Waals surface area contributed by atoms with Crippen molar-refractivity contribution in [1.29, 1.82) is 0 Å². The molecular weight excluding hydrogens is 378 g/mol. The molecule has 0 spiro atoms. The number of halogens is 1. The summed E-state index contributed by atoms with van der Waals surface area (Å²) in [5.74, 6) is -1.23. The minimum Gasteiger partial charge on any atom is -0.481 e. The largest absolute Gasteiger partial charge is 0.481 e. The summed E-state index contributed by atoms with van der Waals surface area (Å²) in [6.45, 7) is 2.47. The zero-order chi connectivity index (χ0) is 16.8. The molecule has 1 unspecified atom stereocenters. The van der Waals surface area contributed by atoms with Gasteiger partial charge in [-0.25, -0.2) is 0 Å². The topological polar surface area (TPSA) is 57.6 Å². The van der Waals surface area contributed by atoms with Gasteiger partial charge in [-0.05, 0) is 47.0 Å². The highest BCUT2D eigenvalue weighted by Gasteiger charge is 2.23. The summed E-state index contributed by atoms with van der Waals surface area (Å²) in [4.78, 5) is 25.3. The molecule has 1 aromatic heterocycles. The summed E-state index contributed by atoms with van der Waals surface area (Å²) in [7, 11) is 0. The predicted octanol–water partition coefficient (Wildman–Crippen LogP) is 4.12. The molecule has 0 saturated carbocycles. The van der Waals surface area contributed by atoms with Crippen molar-refractivity contribution in [2.24, 2.45) is 0 Å². The maximum absolute atomic E-state index is 12.8. The van der Waals surface area contributed by atoms with E-state index in [4.69, 9.17) is 5.11 Å². The minimum absolute atomic E-state index is 0.0513. The molecule has 2 rings (SSSR count). The lowest BCUT2D eigenvalue weighted by Gasteiger charge is -2.25. The summed E-state index contributed by atoms with van der Waals surface area (Å²) in [5, 5.41) is 12.8. The Morgan fingerprint density at radius 1 is 1.35 bits per heavy atom. The minimum atomic E-state index is -0.903. The average Bonchev–Trinajstić information content (AvgIpc) is 3.04. The lowest BCUT2D eigenvalue weighted by molar-refractivity contribution is -0.139. The molecule has 1 heterocycles. The van der Waals surface area contributed by atoms with Crippen molar-refractivity contribution in [3.8, 4) is 0 Å². The lowest BCUT2D eigenvalue weighted by atomic mass is 10.0. The predicted molar refractivity (Wildman–Crippen MR) is 94.5 cm³/mol. The third kappa shape index (κ3) is 5.18. The van der Waals surface area contributed by atoms with E-state index >= 15 is 0 Å². The number of carbonyl (C=O) groups is 2. The Labute approximate surface area is 147 Å². The van der Waals surface area contributed by atoms with E-state index in [0.717, 1.165) is 15.6 Å². The standard InChI is InChI=1S/C17H18BrNO3S/c1-12(14-6-8-23-11-14)17(22)19(7-5-16(20)21)10-13-3-2-4-15(18)9-13/h2-4,6,8-9,11-12H,5,7,10H2,1H3,(H,20,21). The molecule has 0 aliphatic rings. The average molecular weight is 396 g/mol. The highest BCUT2D eigenvalue weighted by molar-refractivity contribution is 9.10. The molecule has 0 saturated heterocycles. The van der Waals surface area contributed by atoms with E-state index in [1.165, 1.54) is 0 Å². The van der Waals surface area contributed by atoms with Crippen molar-refractivity contribution < 1.29 is 14.7 Å². The number of carboxylic acid groups (broad SMARTS) is 1. The van der Waals surface area contributed by atoms with Crippen LogP contribution in [0.5, 0.6) is 0 Å². The van der Waals surface area contributed by atoms with E-state index in [2.05, 4.69) is 15.9 Å². The fraction of sp³-hybridized carbons (Fsp3) is 0.294. The molecule has 122 valence electrons. The van der Waals surface area contributed by atoms with Gasteiger partial charge in [0.2, 0.25) is 5.91 Å². The van der Waals surface area contributed by atoms with Crippen molar-refractivity contribution in [3.63, 3.8) is 0 Å². The summed E-state index contributed by atoms with van der Waals surface area (Å²) in [6.07, 6.45) is -0.0594. The molecule has 4 nitrogen and oxygen atoms in total. The Hall–Kier alpha value is -1.66. The van der Waals surface area contributed by atoms with E-state index in [-0.39, 0.29) is 24.8 Å². The zero-order valence-corrected chi connectivity index (χ0v) is 15.1. The van der Waals surface area contributed by atoms with Gasteiger partial charge in [0.25, 0.3) is 0 Å². The highest BCUT2D eigenvalue weighted by Crippen LogP contribution is 2.22. The fourth-order valence-electron chi connectivity index (χ4n) is 2.29. The number of amides is 1. The van der Waals surface area contributed by atoms with Crippen LogP contribution in [0.15, 0.2) is 45.6 Å². The van der Waals surface area contributed by atoms with Crippen molar-refractivity contribution in [1.82, 2.24) is 4.90 Å². The van der Waals surface area contributed by atoms with Gasteiger partial charge in [-0.15, -0.1) is 0 Å². The van der Waals surface area contributed by atoms with Crippen LogP contribution in [-0.2, 0) is 16.1 Å². The van der Waals surface area contributed by atoms with E-state index in [1.54, 1.807) is 16.2 Å². The first-order chi connectivity index (χ1) is 11.0. The quantitative estimate of drug-likeness (QED) is 0.766. The number of carboxylic acids is 1. The van der Waals surface area contributed by atoms with Crippen LogP contribution in [0, 0.1) is 0 Å². The third-order valence-electron chi connectivity index (χ3n) is 3.58. The normalized spacial score (nSPS) is 11.9. The van der Waals surface area contributed by atoms with Crippen LogP contribution in [0.4, 0.5) is 0 Å². The smallest absolute Gasteiger partial charge is 0.305 e. The van der Waals surface area contributed by atoms with Gasteiger partial charge in [0.1, 0.15) is 0 Å². The van der Waals surface area contributed by atoms with Gasteiger partial charge in [0.05, 0.1) is 12.3 Å². The highest BCUT2D eigenvalue weighted by atomic mass is 79.9.